The van der Waals surface area contributed by atoms with Crippen molar-refractivity contribution in [2.24, 2.45) is 0 Å². The van der Waals surface area contributed by atoms with Crippen LogP contribution in [0.5, 0.6) is 0 Å². The summed E-state index contributed by atoms with van der Waals surface area (Å²) < 4.78 is 1.87. The molecule has 84 valence electrons. The highest BCUT2D eigenvalue weighted by atomic mass is 16.1. The van der Waals surface area contributed by atoms with Crippen LogP contribution in [-0.4, -0.2) is 19.7 Å². The first-order valence-electron chi connectivity index (χ1n) is 5.19. The van der Waals surface area contributed by atoms with Crippen LogP contribution in [-0.2, 0) is 0 Å². The lowest BCUT2D eigenvalue weighted by molar-refractivity contribution is 0.603. The third-order valence-corrected chi connectivity index (χ3v) is 2.43. The smallest absolute Gasteiger partial charge is 0.192 e. The maximum atomic E-state index is 11.8. The van der Waals surface area contributed by atoms with Crippen LogP contribution in [0.25, 0.3) is 11.4 Å². The average molecular weight is 218 g/mol. The van der Waals surface area contributed by atoms with Crippen LogP contribution in [0.1, 0.15) is 25.6 Å². The Kier molecular flexibility index (Phi) is 2.60. The number of aryl methyl sites for hydroxylation is 1. The van der Waals surface area contributed by atoms with Crippen molar-refractivity contribution in [3.05, 3.63) is 34.5 Å². The number of hydrogen-bond acceptors (Lipinski definition) is 3. The number of nitrogens with zero attached hydrogens (tertiary/aromatic N) is 3. The van der Waals surface area contributed by atoms with E-state index in [1.165, 1.54) is 0 Å². The van der Waals surface area contributed by atoms with Crippen LogP contribution in [0, 0.1) is 6.92 Å². The van der Waals surface area contributed by atoms with Gasteiger partial charge in [0.05, 0.1) is 5.56 Å². The largest absolute Gasteiger partial charge is 0.364 e. The van der Waals surface area contributed by atoms with Crippen molar-refractivity contribution in [1.82, 2.24) is 19.7 Å². The van der Waals surface area contributed by atoms with Crippen molar-refractivity contribution in [1.29, 1.82) is 0 Å². The summed E-state index contributed by atoms with van der Waals surface area (Å²) in [6.45, 7) is 5.89. The molecule has 0 bridgehead atoms. The van der Waals surface area contributed by atoms with E-state index in [2.05, 4.69) is 15.2 Å². The zero-order valence-corrected chi connectivity index (χ0v) is 9.56. The molecule has 0 aliphatic carbocycles. The van der Waals surface area contributed by atoms with Gasteiger partial charge >= 0.3 is 0 Å². The second-order valence-electron chi connectivity index (χ2n) is 4.05. The summed E-state index contributed by atoms with van der Waals surface area (Å²) in [5.74, 6) is 0.608. The zero-order chi connectivity index (χ0) is 11.7. The molecule has 16 heavy (non-hydrogen) atoms. The molecule has 5 heteroatoms. The van der Waals surface area contributed by atoms with Gasteiger partial charge in [-0.15, -0.1) is 10.2 Å². The molecule has 0 saturated heterocycles. The van der Waals surface area contributed by atoms with Crippen LogP contribution >= 0.6 is 0 Å². The summed E-state index contributed by atoms with van der Waals surface area (Å²) in [5.41, 5.74) is 1.35. The summed E-state index contributed by atoms with van der Waals surface area (Å²) in [6, 6.07) is 1.79. The lowest BCUT2D eigenvalue weighted by atomic mass is 10.2. The Labute approximate surface area is 93.2 Å². The molecule has 2 aromatic rings. The van der Waals surface area contributed by atoms with E-state index in [4.69, 9.17) is 0 Å². The van der Waals surface area contributed by atoms with E-state index in [9.17, 15) is 4.79 Å². The van der Waals surface area contributed by atoms with Gasteiger partial charge < -0.3 is 9.55 Å². The lowest BCUT2D eigenvalue weighted by Crippen LogP contribution is -2.10. The number of hydrogen-bond donors (Lipinski definition) is 1. The van der Waals surface area contributed by atoms with Crippen LogP contribution in [0.2, 0.25) is 0 Å². The molecule has 0 aliphatic heterocycles. The van der Waals surface area contributed by atoms with Gasteiger partial charge in [-0.1, -0.05) is 0 Å². The van der Waals surface area contributed by atoms with E-state index < -0.39 is 0 Å². The van der Waals surface area contributed by atoms with Crippen LogP contribution < -0.4 is 5.43 Å². The first kappa shape index (κ1) is 10.6. The molecule has 2 rings (SSSR count). The molecule has 0 fully saturated rings. The Morgan fingerprint density at radius 1 is 1.44 bits per heavy atom. The third-order valence-electron chi connectivity index (χ3n) is 2.43. The van der Waals surface area contributed by atoms with Gasteiger partial charge in [-0.05, 0) is 20.8 Å². The fourth-order valence-corrected chi connectivity index (χ4v) is 1.56. The fourth-order valence-electron chi connectivity index (χ4n) is 1.56. The number of pyridine rings is 1. The molecule has 0 spiro atoms. The molecule has 0 radical (unpaired) electrons. The number of rotatable bonds is 2. The number of aromatic nitrogens is 4. The Balaban J connectivity index is 2.59. The van der Waals surface area contributed by atoms with E-state index in [0.717, 1.165) is 5.69 Å². The Bertz CT molecular complexity index is 553. The predicted octanol–water partition coefficient (Wildman–Crippen LogP) is 1.52. The molecule has 1 N–H and O–H groups in total. The molecule has 0 saturated carbocycles. The first-order chi connectivity index (χ1) is 7.59. The minimum absolute atomic E-state index is 0.0360. The normalized spacial score (nSPS) is 11.0. The molecule has 0 aromatic carbocycles. The molecule has 0 atom stereocenters. The van der Waals surface area contributed by atoms with Gasteiger partial charge in [0, 0.05) is 24.0 Å². The van der Waals surface area contributed by atoms with E-state index in [1.54, 1.807) is 18.6 Å². The van der Waals surface area contributed by atoms with Crippen molar-refractivity contribution in [3.8, 4) is 11.4 Å². The Hall–Kier alpha value is -1.91. The van der Waals surface area contributed by atoms with Gasteiger partial charge in [0.25, 0.3) is 0 Å². The molecule has 0 amide bonds. The number of H-pyrrole nitrogens is 1. The van der Waals surface area contributed by atoms with Crippen LogP contribution in [0.15, 0.2) is 23.4 Å². The topological polar surface area (TPSA) is 63.6 Å². The third kappa shape index (κ3) is 1.76. The van der Waals surface area contributed by atoms with Crippen LogP contribution in [0.3, 0.4) is 0 Å². The van der Waals surface area contributed by atoms with Crippen molar-refractivity contribution >= 4 is 0 Å². The van der Waals surface area contributed by atoms with Crippen molar-refractivity contribution < 1.29 is 0 Å². The highest BCUT2D eigenvalue weighted by Gasteiger charge is 2.12. The molecule has 2 heterocycles. The van der Waals surface area contributed by atoms with Gasteiger partial charge in [-0.25, -0.2) is 0 Å². The van der Waals surface area contributed by atoms with E-state index >= 15 is 0 Å². The summed E-state index contributed by atoms with van der Waals surface area (Å²) in [5, 5.41) is 7.83. The van der Waals surface area contributed by atoms with Gasteiger partial charge in [-0.2, -0.15) is 0 Å². The fraction of sp³-hybridized carbons (Fsp3) is 0.364. The minimum atomic E-state index is -0.0360. The monoisotopic (exact) mass is 218 g/mol. The minimum Gasteiger partial charge on any atom is -0.364 e. The molecule has 5 nitrogen and oxygen atoms in total. The quantitative estimate of drug-likeness (QED) is 0.831. The standard InChI is InChI=1S/C11H14N4O/c1-7(2)15-6-13-14-11(15)9-5-12-8(3)4-10(9)16/h4-7H,1-3H3,(H,12,16). The number of aromatic amines is 1. The highest BCUT2D eigenvalue weighted by molar-refractivity contribution is 5.53. The average Bonchev–Trinajstić information content (AvgIpc) is 2.66. The highest BCUT2D eigenvalue weighted by Crippen LogP contribution is 2.15. The maximum absolute atomic E-state index is 11.8. The maximum Gasteiger partial charge on any atom is 0.192 e. The SMILES string of the molecule is Cc1cc(=O)c(-c2nncn2C(C)C)c[nH]1. The van der Waals surface area contributed by atoms with Crippen molar-refractivity contribution in [2.45, 2.75) is 26.8 Å². The summed E-state index contributed by atoms with van der Waals surface area (Å²) >= 11 is 0. The second-order valence-corrected chi connectivity index (χ2v) is 4.05. The molecule has 0 unspecified atom stereocenters. The lowest BCUT2D eigenvalue weighted by Gasteiger charge is -2.09. The summed E-state index contributed by atoms with van der Waals surface area (Å²) in [4.78, 5) is 14.8. The van der Waals surface area contributed by atoms with E-state index in [1.807, 2.05) is 25.3 Å². The second kappa shape index (κ2) is 3.92. The van der Waals surface area contributed by atoms with Gasteiger partial charge in [0.15, 0.2) is 11.3 Å². The Morgan fingerprint density at radius 3 is 2.81 bits per heavy atom. The van der Waals surface area contributed by atoms with Gasteiger partial charge in [0.1, 0.15) is 6.33 Å². The van der Waals surface area contributed by atoms with Gasteiger partial charge in [0.2, 0.25) is 0 Å². The predicted molar refractivity (Wildman–Crippen MR) is 61.2 cm³/mol. The van der Waals surface area contributed by atoms with E-state index in [-0.39, 0.29) is 11.5 Å². The molecule has 0 aliphatic rings. The van der Waals surface area contributed by atoms with Crippen molar-refractivity contribution in [2.75, 3.05) is 0 Å². The number of nitrogens with one attached hydrogen (secondary N) is 1. The Morgan fingerprint density at radius 2 is 2.19 bits per heavy atom. The van der Waals surface area contributed by atoms with Crippen molar-refractivity contribution in [3.63, 3.8) is 0 Å². The molecular formula is C11H14N4O. The molecule has 2 aromatic heterocycles. The zero-order valence-electron chi connectivity index (χ0n) is 9.56. The summed E-state index contributed by atoms with van der Waals surface area (Å²) in [7, 11) is 0. The van der Waals surface area contributed by atoms with Gasteiger partial charge in [-0.3, -0.25) is 4.79 Å². The van der Waals surface area contributed by atoms with Crippen LogP contribution in [0.4, 0.5) is 0 Å². The first-order valence-corrected chi connectivity index (χ1v) is 5.19. The van der Waals surface area contributed by atoms with E-state index in [0.29, 0.717) is 11.4 Å². The summed E-state index contributed by atoms with van der Waals surface area (Å²) in [6.07, 6.45) is 3.32. The molecular weight excluding hydrogens is 204 g/mol.